The van der Waals surface area contributed by atoms with Crippen molar-refractivity contribution in [1.82, 2.24) is 24.3 Å². The molecule has 3 aromatic rings. The van der Waals surface area contributed by atoms with Crippen molar-refractivity contribution in [2.75, 3.05) is 101 Å². The Balaban J connectivity index is 0.995. The summed E-state index contributed by atoms with van der Waals surface area (Å²) in [6, 6.07) is 3.55. The molecule has 0 spiro atoms. The normalized spacial score (nSPS) is 17.6. The zero-order chi connectivity index (χ0) is 39.6. The zero-order valence-electron chi connectivity index (χ0n) is 31.4. The molecule has 2 amide bonds. The van der Waals surface area contributed by atoms with Gasteiger partial charge in [-0.05, 0) is 38.4 Å². The van der Waals surface area contributed by atoms with E-state index in [-0.39, 0.29) is 47.5 Å². The Bertz CT molecular complexity index is 1980. The van der Waals surface area contributed by atoms with Crippen LogP contribution in [0, 0.1) is 6.92 Å². The number of imidazole rings is 1. The van der Waals surface area contributed by atoms with Crippen LogP contribution < -0.4 is 42.6 Å². The fourth-order valence-electron chi connectivity index (χ4n) is 6.30. The summed E-state index contributed by atoms with van der Waals surface area (Å²) in [4.78, 5) is 75.3. The van der Waals surface area contributed by atoms with Crippen LogP contribution in [0.15, 0.2) is 45.2 Å². The van der Waals surface area contributed by atoms with E-state index in [2.05, 4.69) is 31.2 Å². The van der Waals surface area contributed by atoms with E-state index in [1.807, 2.05) is 24.9 Å². The van der Waals surface area contributed by atoms with Crippen LogP contribution in [-0.2, 0) is 14.3 Å². The first-order valence-electron chi connectivity index (χ1n) is 17.9. The van der Waals surface area contributed by atoms with Crippen molar-refractivity contribution in [2.45, 2.75) is 32.1 Å². The number of benzene rings is 1. The lowest BCUT2D eigenvalue weighted by molar-refractivity contribution is -0.135. The van der Waals surface area contributed by atoms with E-state index in [9.17, 15) is 24.0 Å². The van der Waals surface area contributed by atoms with Gasteiger partial charge in [-0.1, -0.05) is 17.7 Å². The van der Waals surface area contributed by atoms with Crippen LogP contribution in [0.25, 0.3) is 0 Å². The van der Waals surface area contributed by atoms with E-state index in [0.717, 1.165) is 5.56 Å². The summed E-state index contributed by atoms with van der Waals surface area (Å²) in [5.41, 5.74) is 6.81. The van der Waals surface area contributed by atoms with Crippen molar-refractivity contribution in [3.8, 4) is 5.75 Å². The summed E-state index contributed by atoms with van der Waals surface area (Å²) in [6.07, 6.45) is 6.03. The molecule has 19 heteroatoms. The number of nitrogens with two attached hydrogens (primary N) is 1. The molecule has 2 aliphatic rings. The summed E-state index contributed by atoms with van der Waals surface area (Å²) in [7, 11) is 4.94. The van der Waals surface area contributed by atoms with E-state index >= 15 is 0 Å². The highest BCUT2D eigenvalue weighted by Crippen LogP contribution is 2.33. The predicted molar refractivity (Wildman–Crippen MR) is 211 cm³/mol. The number of carbonyl (C=O) groups excluding carboxylic acids is 3. The Morgan fingerprint density at radius 1 is 1.11 bits per heavy atom. The number of hydrogen-bond donors (Lipinski definition) is 5. The number of nitrogens with one attached hydrogen (secondary N) is 4. The number of aldehydes is 1. The highest BCUT2D eigenvalue weighted by Gasteiger charge is 2.30. The Kier molecular flexibility index (Phi) is 13.9. The van der Waals surface area contributed by atoms with Gasteiger partial charge in [0.2, 0.25) is 11.8 Å². The topological polar surface area (TPSA) is 218 Å². The highest BCUT2D eigenvalue weighted by molar-refractivity contribution is 6.31. The highest BCUT2D eigenvalue weighted by atomic mass is 35.5. The molecule has 2 fully saturated rings. The summed E-state index contributed by atoms with van der Waals surface area (Å²) < 4.78 is 13.2. The number of anilines is 4. The Labute approximate surface area is 323 Å². The number of aryl methyl sites for hydroxylation is 1. The molecule has 0 aliphatic carbocycles. The Hall–Kier alpha value is -5.46. The van der Waals surface area contributed by atoms with Gasteiger partial charge in [-0.25, -0.2) is 4.98 Å². The largest absolute Gasteiger partial charge is 0.495 e. The van der Waals surface area contributed by atoms with Crippen LogP contribution in [0.3, 0.4) is 0 Å². The quantitative estimate of drug-likeness (QED) is 0.0426. The smallest absolute Gasteiger partial charge is 0.253 e. The molecular formula is C36H48ClN11O7. The maximum atomic E-state index is 12.8. The van der Waals surface area contributed by atoms with E-state index in [0.29, 0.717) is 93.8 Å². The fraction of sp³-hybridized carbons (Fsp3) is 0.472. The molecule has 2 saturated heterocycles. The number of ether oxygens (including phenoxy) is 2. The SMILES string of the molecule is CN=C(N)Nc1c(C=O)ncn1C1CCC(CNc2c(NCCN(C)C/C=C/C(=O)N3CCN(C(=O)CNc4cc(C)c(Cl)cc4OC)CC3)c(=O)c2=O)O1. The first-order chi connectivity index (χ1) is 26.4. The molecular weight excluding hydrogens is 734 g/mol. The van der Waals surface area contributed by atoms with Gasteiger partial charge in [0.05, 0.1) is 31.8 Å². The monoisotopic (exact) mass is 781 g/mol. The third-order valence-electron chi connectivity index (χ3n) is 9.56. The number of aromatic nitrogens is 2. The van der Waals surface area contributed by atoms with Crippen LogP contribution in [0.5, 0.6) is 5.75 Å². The maximum absolute atomic E-state index is 12.8. The molecule has 2 aromatic carbocycles. The summed E-state index contributed by atoms with van der Waals surface area (Å²) in [5.74, 6) is 0.848. The molecule has 0 saturated carbocycles. The minimum atomic E-state index is -0.589. The molecule has 296 valence electrons. The van der Waals surface area contributed by atoms with Crippen molar-refractivity contribution in [2.24, 2.45) is 10.7 Å². The van der Waals surface area contributed by atoms with Gasteiger partial charge in [-0.3, -0.25) is 33.5 Å². The number of carbonyl (C=O) groups is 3. The number of rotatable bonds is 17. The molecule has 1 aromatic heterocycles. The van der Waals surface area contributed by atoms with Crippen molar-refractivity contribution in [3.63, 3.8) is 0 Å². The lowest BCUT2D eigenvalue weighted by atomic mass is 10.1. The first kappa shape index (κ1) is 40.7. The number of halogens is 1. The van der Waals surface area contributed by atoms with Crippen LogP contribution in [0.4, 0.5) is 22.9 Å². The second kappa shape index (κ2) is 18.7. The number of likely N-dealkylation sites (N-methyl/N-ethyl adjacent to an activating group) is 1. The molecule has 0 bridgehead atoms. The Morgan fingerprint density at radius 2 is 1.82 bits per heavy atom. The van der Waals surface area contributed by atoms with Crippen LogP contribution >= 0.6 is 11.6 Å². The zero-order valence-corrected chi connectivity index (χ0v) is 32.1. The fourth-order valence-corrected chi connectivity index (χ4v) is 6.46. The first-order valence-corrected chi connectivity index (χ1v) is 18.3. The van der Waals surface area contributed by atoms with Crippen molar-refractivity contribution in [3.05, 3.63) is 67.3 Å². The van der Waals surface area contributed by atoms with Crippen molar-refractivity contribution in [1.29, 1.82) is 0 Å². The van der Waals surface area contributed by atoms with Crippen LogP contribution in [0.2, 0.25) is 5.02 Å². The minimum Gasteiger partial charge on any atom is -0.495 e. The van der Waals surface area contributed by atoms with E-state index in [1.165, 1.54) is 19.5 Å². The van der Waals surface area contributed by atoms with E-state index in [1.54, 1.807) is 33.6 Å². The minimum absolute atomic E-state index is 0.0743. The van der Waals surface area contributed by atoms with Gasteiger partial charge in [-0.2, -0.15) is 0 Å². The van der Waals surface area contributed by atoms with Crippen LogP contribution in [0.1, 0.15) is 35.1 Å². The number of nitrogens with zero attached hydrogens (tertiary/aromatic N) is 6. The molecule has 18 nitrogen and oxygen atoms in total. The van der Waals surface area contributed by atoms with E-state index < -0.39 is 17.1 Å². The van der Waals surface area contributed by atoms with Gasteiger partial charge in [0.1, 0.15) is 34.9 Å². The van der Waals surface area contributed by atoms with Gasteiger partial charge in [0.25, 0.3) is 10.9 Å². The number of aliphatic imine (C=N–C) groups is 1. The van der Waals surface area contributed by atoms with Crippen molar-refractivity contribution < 1.29 is 23.9 Å². The third kappa shape index (κ3) is 10.00. The van der Waals surface area contributed by atoms with Crippen molar-refractivity contribution >= 4 is 58.5 Å². The number of hydrogen-bond acceptors (Lipinski definition) is 13. The number of guanidine groups is 1. The van der Waals surface area contributed by atoms with Gasteiger partial charge in [0.15, 0.2) is 12.2 Å². The number of amides is 2. The molecule has 2 aliphatic heterocycles. The summed E-state index contributed by atoms with van der Waals surface area (Å²) in [6.45, 7) is 5.42. The lowest BCUT2D eigenvalue weighted by Crippen LogP contribution is -2.51. The van der Waals surface area contributed by atoms with Gasteiger partial charge >= 0.3 is 0 Å². The second-order valence-electron chi connectivity index (χ2n) is 13.3. The van der Waals surface area contributed by atoms with Gasteiger partial charge in [-0.15, -0.1) is 0 Å². The number of methoxy groups -OCH3 is 1. The maximum Gasteiger partial charge on any atom is 0.253 e. The van der Waals surface area contributed by atoms with Gasteiger partial charge < -0.3 is 51.2 Å². The lowest BCUT2D eigenvalue weighted by Gasteiger charge is -2.34. The molecule has 5 rings (SSSR count). The molecule has 6 N–H and O–H groups in total. The molecule has 2 atom stereocenters. The van der Waals surface area contributed by atoms with E-state index in [4.69, 9.17) is 26.8 Å². The summed E-state index contributed by atoms with van der Waals surface area (Å²) >= 11 is 6.18. The number of piperazine rings is 1. The van der Waals surface area contributed by atoms with Crippen LogP contribution in [-0.4, -0.2) is 135 Å². The molecule has 3 heterocycles. The third-order valence-corrected chi connectivity index (χ3v) is 9.97. The standard InChI is InChI=1S/C36H48ClN11O7/c1-22-16-25(27(54-4)17-24(22)37)41-19-29(51)47-14-12-46(13-15-47)28(50)6-5-10-45(3)11-9-40-31-32(34(53)33(31)52)42-18-23-7-8-30(55-23)48-21-43-26(20-49)35(48)44-36(38)39-2/h5-6,16-17,20-21,23,30,40-42H,7-15,18-19H2,1-4H3,(H3,38,39,44)/b6-5+. The molecule has 0 radical (unpaired) electrons. The second-order valence-corrected chi connectivity index (χ2v) is 13.7. The predicted octanol–water partition coefficient (Wildman–Crippen LogP) is 1.09. The Morgan fingerprint density at radius 3 is 2.51 bits per heavy atom. The molecule has 2 unspecified atom stereocenters. The van der Waals surface area contributed by atoms with Gasteiger partial charge in [0, 0.05) is 76.6 Å². The summed E-state index contributed by atoms with van der Waals surface area (Å²) in [5, 5.41) is 12.7. The molecule has 55 heavy (non-hydrogen) atoms. The average Bonchev–Trinajstić information content (AvgIpc) is 3.83. The average molecular weight is 782 g/mol.